The molecule has 0 fully saturated rings. The lowest BCUT2D eigenvalue weighted by molar-refractivity contribution is 0.391. The van der Waals surface area contributed by atoms with Gasteiger partial charge >= 0.3 is 0 Å². The molecule has 3 nitrogen and oxygen atoms in total. The van der Waals surface area contributed by atoms with E-state index < -0.39 is 0 Å². The summed E-state index contributed by atoms with van der Waals surface area (Å²) < 4.78 is 2.33. The predicted molar refractivity (Wildman–Crippen MR) is 87.3 cm³/mol. The second-order valence-corrected chi connectivity index (χ2v) is 6.66. The van der Waals surface area contributed by atoms with E-state index in [0.29, 0.717) is 5.56 Å². The molecule has 0 spiro atoms. The van der Waals surface area contributed by atoms with E-state index in [2.05, 4.69) is 38.3 Å². The fourth-order valence-corrected chi connectivity index (χ4v) is 2.83. The number of unbranched alkanes of at least 4 members (excludes halogenated alkanes) is 3. The van der Waals surface area contributed by atoms with Crippen molar-refractivity contribution in [2.45, 2.75) is 65.3 Å². The Bertz CT molecular complexity index is 653. The van der Waals surface area contributed by atoms with Crippen molar-refractivity contribution in [2.24, 2.45) is 0 Å². The van der Waals surface area contributed by atoms with E-state index in [-0.39, 0.29) is 5.54 Å². The fraction of sp³-hybridized carbons (Fsp3) is 0.556. The SMILES string of the molecule is CCCCCCc1nc2cc(C#N)ccc2n1C(C)(C)C. The summed E-state index contributed by atoms with van der Waals surface area (Å²) in [6.07, 6.45) is 5.98. The maximum absolute atomic E-state index is 9.05. The van der Waals surface area contributed by atoms with E-state index in [4.69, 9.17) is 10.2 Å². The molecule has 21 heavy (non-hydrogen) atoms. The number of hydrogen-bond donors (Lipinski definition) is 0. The Kier molecular flexibility index (Phi) is 4.67. The summed E-state index contributed by atoms with van der Waals surface area (Å²) in [6, 6.07) is 8.00. The largest absolute Gasteiger partial charge is 0.323 e. The van der Waals surface area contributed by atoms with Crippen molar-refractivity contribution < 1.29 is 0 Å². The third-order valence-corrected chi connectivity index (χ3v) is 3.78. The first-order valence-electron chi connectivity index (χ1n) is 7.89. The van der Waals surface area contributed by atoms with Crippen LogP contribution >= 0.6 is 0 Å². The van der Waals surface area contributed by atoms with Gasteiger partial charge in [-0.25, -0.2) is 4.98 Å². The Labute approximate surface area is 127 Å². The molecule has 0 aliphatic rings. The molecule has 1 aromatic heterocycles. The number of rotatable bonds is 5. The van der Waals surface area contributed by atoms with E-state index in [1.54, 1.807) is 0 Å². The topological polar surface area (TPSA) is 41.6 Å². The van der Waals surface area contributed by atoms with Gasteiger partial charge in [0.2, 0.25) is 0 Å². The third kappa shape index (κ3) is 3.44. The molecule has 1 aromatic carbocycles. The van der Waals surface area contributed by atoms with Gasteiger partial charge in [0.15, 0.2) is 0 Å². The van der Waals surface area contributed by atoms with Gasteiger partial charge in [0.05, 0.1) is 22.7 Å². The molecule has 0 aliphatic heterocycles. The van der Waals surface area contributed by atoms with Crippen LogP contribution in [0.1, 0.15) is 64.8 Å². The van der Waals surface area contributed by atoms with Crippen LogP contribution in [0.2, 0.25) is 0 Å². The maximum atomic E-state index is 9.05. The van der Waals surface area contributed by atoms with Crippen molar-refractivity contribution in [3.8, 4) is 6.07 Å². The van der Waals surface area contributed by atoms with Crippen LogP contribution in [0.15, 0.2) is 18.2 Å². The minimum Gasteiger partial charge on any atom is -0.323 e. The molecule has 0 atom stereocenters. The van der Waals surface area contributed by atoms with Crippen LogP contribution in [-0.2, 0) is 12.0 Å². The number of imidazole rings is 1. The number of fused-ring (bicyclic) bond motifs is 1. The highest BCUT2D eigenvalue weighted by Crippen LogP contribution is 2.26. The van der Waals surface area contributed by atoms with Gasteiger partial charge in [0.1, 0.15) is 5.82 Å². The number of hydrogen-bond acceptors (Lipinski definition) is 2. The molecule has 0 saturated heterocycles. The van der Waals surface area contributed by atoms with Gasteiger partial charge in [-0.2, -0.15) is 5.26 Å². The van der Waals surface area contributed by atoms with Crippen LogP contribution in [-0.4, -0.2) is 9.55 Å². The Balaban J connectivity index is 2.40. The van der Waals surface area contributed by atoms with Gasteiger partial charge in [-0.05, 0) is 45.4 Å². The summed E-state index contributed by atoms with van der Waals surface area (Å²) in [6.45, 7) is 8.86. The Morgan fingerprint density at radius 2 is 1.95 bits per heavy atom. The minimum absolute atomic E-state index is 0.00298. The van der Waals surface area contributed by atoms with E-state index in [9.17, 15) is 0 Å². The normalized spacial score (nSPS) is 11.8. The molecular formula is C18H25N3. The highest BCUT2D eigenvalue weighted by molar-refractivity contribution is 5.78. The van der Waals surface area contributed by atoms with Crippen molar-refractivity contribution in [3.05, 3.63) is 29.6 Å². The fourth-order valence-electron chi connectivity index (χ4n) is 2.83. The molecule has 0 aliphatic carbocycles. The number of benzene rings is 1. The quantitative estimate of drug-likeness (QED) is 0.741. The second kappa shape index (κ2) is 6.30. The number of nitriles is 1. The smallest absolute Gasteiger partial charge is 0.110 e. The maximum Gasteiger partial charge on any atom is 0.110 e. The number of nitrogens with zero attached hydrogens (tertiary/aromatic N) is 3. The van der Waals surface area contributed by atoms with Gasteiger partial charge < -0.3 is 4.57 Å². The van der Waals surface area contributed by atoms with E-state index in [1.165, 1.54) is 25.7 Å². The van der Waals surface area contributed by atoms with Gasteiger partial charge in [-0.1, -0.05) is 26.2 Å². The minimum atomic E-state index is 0.00298. The molecule has 3 heteroatoms. The van der Waals surface area contributed by atoms with Crippen molar-refractivity contribution in [1.29, 1.82) is 5.26 Å². The standard InChI is InChI=1S/C18H25N3/c1-5-6-7-8-9-17-20-15-12-14(13-19)10-11-16(15)21(17)18(2,3)4/h10-12H,5-9H2,1-4H3. The zero-order chi connectivity index (χ0) is 15.5. The second-order valence-electron chi connectivity index (χ2n) is 6.66. The van der Waals surface area contributed by atoms with Gasteiger partial charge in [0.25, 0.3) is 0 Å². The highest BCUT2D eigenvalue weighted by atomic mass is 15.1. The molecule has 0 N–H and O–H groups in total. The molecule has 0 saturated carbocycles. The number of aryl methyl sites for hydroxylation is 1. The first-order chi connectivity index (χ1) is 9.97. The van der Waals surface area contributed by atoms with Crippen molar-refractivity contribution >= 4 is 11.0 Å². The van der Waals surface area contributed by atoms with Crippen LogP contribution in [0.3, 0.4) is 0 Å². The van der Waals surface area contributed by atoms with Gasteiger partial charge in [-0.3, -0.25) is 0 Å². The predicted octanol–water partition coefficient (Wildman–Crippen LogP) is 4.79. The third-order valence-electron chi connectivity index (χ3n) is 3.78. The molecule has 1 heterocycles. The first-order valence-corrected chi connectivity index (χ1v) is 7.89. The van der Waals surface area contributed by atoms with Crippen molar-refractivity contribution in [3.63, 3.8) is 0 Å². The van der Waals surface area contributed by atoms with E-state index in [1.807, 2.05) is 18.2 Å². The summed E-state index contributed by atoms with van der Waals surface area (Å²) in [5, 5.41) is 9.05. The molecule has 2 rings (SSSR count). The first kappa shape index (κ1) is 15.6. The van der Waals surface area contributed by atoms with Crippen LogP contribution in [0, 0.1) is 11.3 Å². The van der Waals surface area contributed by atoms with Gasteiger partial charge in [0, 0.05) is 12.0 Å². The average molecular weight is 283 g/mol. The molecule has 0 radical (unpaired) electrons. The van der Waals surface area contributed by atoms with Crippen LogP contribution in [0.4, 0.5) is 0 Å². The van der Waals surface area contributed by atoms with E-state index >= 15 is 0 Å². The van der Waals surface area contributed by atoms with E-state index in [0.717, 1.165) is 23.3 Å². The monoisotopic (exact) mass is 283 g/mol. The van der Waals surface area contributed by atoms with Crippen molar-refractivity contribution in [1.82, 2.24) is 9.55 Å². The van der Waals surface area contributed by atoms with Crippen LogP contribution in [0.25, 0.3) is 11.0 Å². The lowest BCUT2D eigenvalue weighted by Crippen LogP contribution is -2.24. The summed E-state index contributed by atoms with van der Waals surface area (Å²) >= 11 is 0. The summed E-state index contributed by atoms with van der Waals surface area (Å²) in [5.74, 6) is 1.14. The van der Waals surface area contributed by atoms with Crippen LogP contribution in [0.5, 0.6) is 0 Å². The lowest BCUT2D eigenvalue weighted by Gasteiger charge is -2.24. The molecular weight excluding hydrogens is 258 g/mol. The molecule has 0 unspecified atom stereocenters. The van der Waals surface area contributed by atoms with Gasteiger partial charge in [-0.15, -0.1) is 0 Å². The molecule has 112 valence electrons. The Hall–Kier alpha value is -1.82. The summed E-state index contributed by atoms with van der Waals surface area (Å²) in [5.41, 5.74) is 2.75. The molecule has 2 aromatic rings. The Morgan fingerprint density at radius 1 is 1.19 bits per heavy atom. The van der Waals surface area contributed by atoms with Crippen molar-refractivity contribution in [2.75, 3.05) is 0 Å². The zero-order valence-corrected chi connectivity index (χ0v) is 13.6. The summed E-state index contributed by atoms with van der Waals surface area (Å²) in [4.78, 5) is 4.80. The number of aromatic nitrogens is 2. The molecule has 0 bridgehead atoms. The Morgan fingerprint density at radius 3 is 2.57 bits per heavy atom. The average Bonchev–Trinajstić information content (AvgIpc) is 2.80. The zero-order valence-electron chi connectivity index (χ0n) is 13.6. The highest BCUT2D eigenvalue weighted by Gasteiger charge is 2.21. The molecule has 0 amide bonds. The summed E-state index contributed by atoms with van der Waals surface area (Å²) in [7, 11) is 0. The van der Waals surface area contributed by atoms with Crippen LogP contribution < -0.4 is 0 Å². The lowest BCUT2D eigenvalue weighted by atomic mass is 10.1.